The third kappa shape index (κ3) is 4.43. The van der Waals surface area contributed by atoms with Gasteiger partial charge in [0, 0.05) is 25.4 Å². The molecule has 1 heterocycles. The van der Waals surface area contributed by atoms with Gasteiger partial charge >= 0.3 is 0 Å². The van der Waals surface area contributed by atoms with E-state index in [-0.39, 0.29) is 5.41 Å². The number of aromatic nitrogens is 2. The highest BCUT2D eigenvalue weighted by Gasteiger charge is 2.13. The molecule has 114 valence electrons. The Kier molecular flexibility index (Phi) is 5.18. The minimum Gasteiger partial charge on any atom is -0.335 e. The molecule has 0 amide bonds. The van der Waals surface area contributed by atoms with Crippen LogP contribution in [0.4, 0.5) is 0 Å². The van der Waals surface area contributed by atoms with Crippen molar-refractivity contribution < 1.29 is 0 Å². The molecule has 3 heteroatoms. The van der Waals surface area contributed by atoms with Crippen molar-refractivity contribution in [2.75, 3.05) is 13.6 Å². The molecule has 1 aromatic heterocycles. The van der Waals surface area contributed by atoms with E-state index in [1.54, 1.807) is 0 Å². The van der Waals surface area contributed by atoms with Crippen LogP contribution in [0.2, 0.25) is 0 Å². The van der Waals surface area contributed by atoms with Crippen molar-refractivity contribution in [2.45, 2.75) is 45.6 Å². The molecule has 0 fully saturated rings. The summed E-state index contributed by atoms with van der Waals surface area (Å²) in [5, 5.41) is 3.19. The molecule has 0 bridgehead atoms. The molecule has 3 nitrogen and oxygen atoms in total. The predicted octanol–water partition coefficient (Wildman–Crippen LogP) is 3.38. The highest BCUT2D eigenvalue weighted by Crippen LogP contribution is 2.22. The van der Waals surface area contributed by atoms with Crippen molar-refractivity contribution >= 4 is 0 Å². The second-order valence-electron chi connectivity index (χ2n) is 6.62. The predicted molar refractivity (Wildman–Crippen MR) is 88.7 cm³/mol. The van der Waals surface area contributed by atoms with Crippen LogP contribution in [0.5, 0.6) is 0 Å². The largest absolute Gasteiger partial charge is 0.335 e. The summed E-state index contributed by atoms with van der Waals surface area (Å²) in [6, 6.07) is 8.94. The van der Waals surface area contributed by atoms with Gasteiger partial charge in [-0.2, -0.15) is 0 Å². The maximum Gasteiger partial charge on any atom is 0.113 e. The normalized spacial score (nSPS) is 11.8. The third-order valence-electron chi connectivity index (χ3n) is 3.81. The first kappa shape index (κ1) is 15.8. The van der Waals surface area contributed by atoms with Gasteiger partial charge in [0.25, 0.3) is 0 Å². The lowest BCUT2D eigenvalue weighted by Gasteiger charge is -2.19. The average molecular weight is 285 g/mol. The number of nitrogens with one attached hydrogen (secondary N) is 1. The van der Waals surface area contributed by atoms with Crippen LogP contribution in [0.25, 0.3) is 0 Å². The quantitative estimate of drug-likeness (QED) is 0.825. The van der Waals surface area contributed by atoms with Gasteiger partial charge in [-0.25, -0.2) is 4.98 Å². The van der Waals surface area contributed by atoms with Gasteiger partial charge in [0.1, 0.15) is 5.82 Å². The zero-order chi connectivity index (χ0) is 15.3. The van der Waals surface area contributed by atoms with Crippen LogP contribution in [0.3, 0.4) is 0 Å². The smallest absolute Gasteiger partial charge is 0.113 e. The average Bonchev–Trinajstić information content (AvgIpc) is 2.86. The summed E-state index contributed by atoms with van der Waals surface area (Å²) in [5.74, 6) is 1.15. The van der Waals surface area contributed by atoms with E-state index in [0.29, 0.717) is 0 Å². The molecule has 0 unspecified atom stereocenters. The first-order valence-electron chi connectivity index (χ1n) is 7.75. The van der Waals surface area contributed by atoms with Gasteiger partial charge in [-0.05, 0) is 36.6 Å². The van der Waals surface area contributed by atoms with Crippen molar-refractivity contribution in [3.63, 3.8) is 0 Å². The van der Waals surface area contributed by atoms with Crippen LogP contribution < -0.4 is 5.32 Å². The van der Waals surface area contributed by atoms with Crippen LogP contribution >= 0.6 is 0 Å². The number of aryl methyl sites for hydroxylation is 1. The fourth-order valence-corrected chi connectivity index (χ4v) is 2.44. The molecule has 0 saturated heterocycles. The first-order valence-corrected chi connectivity index (χ1v) is 7.75. The first-order chi connectivity index (χ1) is 10.0. The number of hydrogen-bond acceptors (Lipinski definition) is 2. The zero-order valence-electron chi connectivity index (χ0n) is 13.7. The Bertz CT molecular complexity index is 547. The van der Waals surface area contributed by atoms with E-state index in [0.717, 1.165) is 31.8 Å². The van der Waals surface area contributed by atoms with Crippen LogP contribution in [0.1, 0.15) is 44.1 Å². The number of rotatable bonds is 6. The maximum atomic E-state index is 4.50. The number of imidazole rings is 1. The van der Waals surface area contributed by atoms with Gasteiger partial charge in [-0.1, -0.05) is 45.0 Å². The number of nitrogens with zero attached hydrogens (tertiary/aromatic N) is 2. The summed E-state index contributed by atoms with van der Waals surface area (Å²) < 4.78 is 2.26. The van der Waals surface area contributed by atoms with Gasteiger partial charge in [0.05, 0.1) is 0 Å². The van der Waals surface area contributed by atoms with Gasteiger partial charge in [0.15, 0.2) is 0 Å². The van der Waals surface area contributed by atoms with Crippen molar-refractivity contribution in [3.8, 4) is 0 Å². The summed E-state index contributed by atoms with van der Waals surface area (Å²) in [5.41, 5.74) is 2.91. The van der Waals surface area contributed by atoms with Gasteiger partial charge < -0.3 is 9.88 Å². The molecule has 1 N–H and O–H groups in total. The third-order valence-corrected chi connectivity index (χ3v) is 3.81. The van der Waals surface area contributed by atoms with E-state index in [2.05, 4.69) is 66.1 Å². The molecular weight excluding hydrogens is 258 g/mol. The molecule has 0 aliphatic carbocycles. The second kappa shape index (κ2) is 6.90. The Morgan fingerprint density at radius 2 is 1.86 bits per heavy atom. The lowest BCUT2D eigenvalue weighted by atomic mass is 9.86. The lowest BCUT2D eigenvalue weighted by molar-refractivity contribution is 0.589. The van der Waals surface area contributed by atoms with Crippen LogP contribution in [0.15, 0.2) is 36.7 Å². The van der Waals surface area contributed by atoms with Gasteiger partial charge in [-0.15, -0.1) is 0 Å². The fourth-order valence-electron chi connectivity index (χ4n) is 2.44. The highest BCUT2D eigenvalue weighted by atomic mass is 15.1. The highest BCUT2D eigenvalue weighted by molar-refractivity contribution is 5.29. The topological polar surface area (TPSA) is 29.9 Å². The molecule has 2 aromatic rings. The molecule has 0 radical (unpaired) electrons. The van der Waals surface area contributed by atoms with Crippen LogP contribution in [0, 0.1) is 0 Å². The number of hydrogen-bond donors (Lipinski definition) is 1. The van der Waals surface area contributed by atoms with Crippen molar-refractivity contribution in [1.82, 2.24) is 14.9 Å². The minimum atomic E-state index is 0.212. The molecule has 0 aliphatic heterocycles. The van der Waals surface area contributed by atoms with E-state index in [1.165, 1.54) is 11.1 Å². The SMILES string of the molecule is CNCCCn1ccnc1Cc1ccc(C(C)(C)C)cc1. The van der Waals surface area contributed by atoms with Gasteiger partial charge in [-0.3, -0.25) is 0 Å². The van der Waals surface area contributed by atoms with E-state index >= 15 is 0 Å². The monoisotopic (exact) mass is 285 g/mol. The molecule has 21 heavy (non-hydrogen) atoms. The van der Waals surface area contributed by atoms with E-state index < -0.39 is 0 Å². The summed E-state index contributed by atoms with van der Waals surface area (Å²) >= 11 is 0. The summed E-state index contributed by atoms with van der Waals surface area (Å²) in [6.07, 6.45) is 6.01. The van der Waals surface area contributed by atoms with Crippen molar-refractivity contribution in [2.24, 2.45) is 0 Å². The Balaban J connectivity index is 2.03. The van der Waals surface area contributed by atoms with Gasteiger partial charge in [0.2, 0.25) is 0 Å². The Hall–Kier alpha value is -1.61. The standard InChI is InChI=1S/C18H27N3/c1-18(2,3)16-8-6-15(7-9-16)14-17-20-11-13-21(17)12-5-10-19-4/h6-9,11,13,19H,5,10,12,14H2,1-4H3. The minimum absolute atomic E-state index is 0.212. The molecule has 1 aromatic carbocycles. The maximum absolute atomic E-state index is 4.50. The van der Waals surface area contributed by atoms with E-state index in [1.807, 2.05) is 13.2 Å². The van der Waals surface area contributed by atoms with Crippen LogP contribution in [-0.2, 0) is 18.4 Å². The van der Waals surface area contributed by atoms with E-state index in [9.17, 15) is 0 Å². The zero-order valence-corrected chi connectivity index (χ0v) is 13.7. The Morgan fingerprint density at radius 1 is 1.14 bits per heavy atom. The molecule has 0 saturated carbocycles. The molecule has 2 rings (SSSR count). The summed E-state index contributed by atoms with van der Waals surface area (Å²) in [7, 11) is 1.99. The molecule has 0 atom stereocenters. The van der Waals surface area contributed by atoms with Crippen LogP contribution in [-0.4, -0.2) is 23.1 Å². The summed E-state index contributed by atoms with van der Waals surface area (Å²) in [6.45, 7) is 8.80. The summed E-state index contributed by atoms with van der Waals surface area (Å²) in [4.78, 5) is 4.50. The Labute approximate surface area is 128 Å². The van der Waals surface area contributed by atoms with Crippen molar-refractivity contribution in [3.05, 3.63) is 53.6 Å². The Morgan fingerprint density at radius 3 is 2.48 bits per heavy atom. The number of benzene rings is 1. The fraction of sp³-hybridized carbons (Fsp3) is 0.500. The van der Waals surface area contributed by atoms with Crippen molar-refractivity contribution in [1.29, 1.82) is 0 Å². The second-order valence-corrected chi connectivity index (χ2v) is 6.62. The van der Waals surface area contributed by atoms with E-state index in [4.69, 9.17) is 0 Å². The molecular formula is C18H27N3. The lowest BCUT2D eigenvalue weighted by Crippen LogP contribution is -2.12. The molecule has 0 aliphatic rings. The molecule has 0 spiro atoms.